The highest BCUT2D eigenvalue weighted by molar-refractivity contribution is 5.89. The Labute approximate surface area is 288 Å². The molecule has 2 aliphatic carbocycles. The number of hydrogen-bond donors (Lipinski definition) is 0. The van der Waals surface area contributed by atoms with Crippen LogP contribution in [0.25, 0.3) is 55.4 Å². The van der Waals surface area contributed by atoms with E-state index in [-0.39, 0.29) is 5.92 Å². The molecule has 0 spiro atoms. The number of aryl methyl sites for hydroxylation is 1. The van der Waals surface area contributed by atoms with Gasteiger partial charge >= 0.3 is 0 Å². The summed E-state index contributed by atoms with van der Waals surface area (Å²) >= 11 is 0. The van der Waals surface area contributed by atoms with Crippen molar-refractivity contribution in [2.45, 2.75) is 32.1 Å². The van der Waals surface area contributed by atoms with Gasteiger partial charge in [0.15, 0.2) is 5.82 Å². The zero-order valence-electron chi connectivity index (χ0n) is 27.5. The standard InChI is InChI=1S/C46H35N3/c1-31-12-14-34(15-13-31)41-24-32(30-47)25-42(28-41)40-23-19-35-18-22-39(26-43(35)27-40)33-16-20-37(21-17-33)45-29-44(36-8-4-2-5-9-36)48-46(49-45)38-10-6-3-7-11-38/h2,4-6,8-16,18-29,33H,3,7,17H2,1H3. The van der Waals surface area contributed by atoms with Crippen molar-refractivity contribution in [3.63, 3.8) is 0 Å². The van der Waals surface area contributed by atoms with Crippen molar-refractivity contribution < 1.29 is 0 Å². The lowest BCUT2D eigenvalue weighted by atomic mass is 9.87. The van der Waals surface area contributed by atoms with Gasteiger partial charge in [0.05, 0.1) is 23.0 Å². The molecule has 6 aromatic rings. The van der Waals surface area contributed by atoms with E-state index in [1.54, 1.807) is 0 Å². The summed E-state index contributed by atoms with van der Waals surface area (Å²) < 4.78 is 0. The van der Waals surface area contributed by atoms with Gasteiger partial charge in [-0.15, -0.1) is 0 Å². The normalized spacial score (nSPS) is 15.5. The van der Waals surface area contributed by atoms with Crippen molar-refractivity contribution in [2.75, 3.05) is 0 Å². The van der Waals surface area contributed by atoms with E-state index >= 15 is 0 Å². The van der Waals surface area contributed by atoms with Crippen LogP contribution in [-0.2, 0) is 0 Å². The molecule has 0 bridgehead atoms. The highest BCUT2D eigenvalue weighted by Crippen LogP contribution is 2.35. The number of nitriles is 1. The summed E-state index contributed by atoms with van der Waals surface area (Å²) in [6.07, 6.45) is 16.4. The number of allylic oxidation sites excluding steroid dienone is 8. The fraction of sp³-hybridized carbons (Fsp3) is 0.109. The number of benzene rings is 5. The number of hydrogen-bond acceptors (Lipinski definition) is 3. The Bertz CT molecular complexity index is 2370. The molecule has 1 atom stereocenters. The molecule has 0 saturated carbocycles. The smallest absolute Gasteiger partial charge is 0.160 e. The lowest BCUT2D eigenvalue weighted by Crippen LogP contribution is -2.03. The van der Waals surface area contributed by atoms with E-state index in [1.807, 2.05) is 18.2 Å². The molecule has 2 aliphatic rings. The first-order valence-electron chi connectivity index (χ1n) is 17.0. The third-order valence-corrected chi connectivity index (χ3v) is 9.52. The second-order valence-electron chi connectivity index (χ2n) is 12.9. The minimum absolute atomic E-state index is 0.269. The third kappa shape index (κ3) is 6.42. The molecule has 0 amide bonds. The fourth-order valence-electron chi connectivity index (χ4n) is 6.76. The van der Waals surface area contributed by atoms with Gasteiger partial charge in [-0.2, -0.15) is 5.26 Å². The molecular weight excluding hydrogens is 595 g/mol. The average Bonchev–Trinajstić information content (AvgIpc) is 3.18. The highest BCUT2D eigenvalue weighted by Gasteiger charge is 2.17. The maximum Gasteiger partial charge on any atom is 0.160 e. The minimum atomic E-state index is 0.269. The molecular formula is C46H35N3. The van der Waals surface area contributed by atoms with E-state index in [4.69, 9.17) is 9.97 Å². The first kappa shape index (κ1) is 30.2. The van der Waals surface area contributed by atoms with Crippen LogP contribution in [0.2, 0.25) is 0 Å². The van der Waals surface area contributed by atoms with Gasteiger partial charge in [-0.05, 0) is 101 Å². The Morgan fingerprint density at radius 2 is 1.39 bits per heavy atom. The summed E-state index contributed by atoms with van der Waals surface area (Å²) in [6, 6.07) is 42.9. The summed E-state index contributed by atoms with van der Waals surface area (Å²) in [4.78, 5) is 10.0. The van der Waals surface area contributed by atoms with E-state index < -0.39 is 0 Å². The predicted molar refractivity (Wildman–Crippen MR) is 203 cm³/mol. The molecule has 0 fully saturated rings. The average molecular weight is 630 g/mol. The van der Waals surface area contributed by atoms with Crippen LogP contribution < -0.4 is 0 Å². The Kier molecular flexibility index (Phi) is 8.14. The second-order valence-corrected chi connectivity index (χ2v) is 12.9. The van der Waals surface area contributed by atoms with E-state index in [0.717, 1.165) is 75.4 Å². The summed E-state index contributed by atoms with van der Waals surface area (Å²) in [5, 5.41) is 12.2. The first-order valence-corrected chi connectivity index (χ1v) is 17.0. The lowest BCUT2D eigenvalue weighted by molar-refractivity contribution is 0.857. The van der Waals surface area contributed by atoms with E-state index in [9.17, 15) is 5.26 Å². The number of fused-ring (bicyclic) bond motifs is 1. The van der Waals surface area contributed by atoms with E-state index in [0.29, 0.717) is 5.56 Å². The molecule has 5 aromatic carbocycles. The molecule has 234 valence electrons. The van der Waals surface area contributed by atoms with Crippen molar-refractivity contribution in [2.24, 2.45) is 0 Å². The monoisotopic (exact) mass is 629 g/mol. The molecule has 3 heteroatoms. The van der Waals surface area contributed by atoms with Crippen LogP contribution in [-0.4, -0.2) is 9.97 Å². The maximum absolute atomic E-state index is 9.83. The topological polar surface area (TPSA) is 49.6 Å². The van der Waals surface area contributed by atoms with E-state index in [2.05, 4.69) is 147 Å². The zero-order valence-corrected chi connectivity index (χ0v) is 27.5. The summed E-state index contributed by atoms with van der Waals surface area (Å²) in [7, 11) is 0. The van der Waals surface area contributed by atoms with Gasteiger partial charge in [-0.3, -0.25) is 0 Å². The third-order valence-electron chi connectivity index (χ3n) is 9.52. The molecule has 3 nitrogen and oxygen atoms in total. The molecule has 0 aliphatic heterocycles. The zero-order chi connectivity index (χ0) is 33.2. The molecule has 8 rings (SSSR count). The lowest BCUT2D eigenvalue weighted by Gasteiger charge is -2.18. The predicted octanol–water partition coefficient (Wildman–Crippen LogP) is 11.7. The Morgan fingerprint density at radius 1 is 0.612 bits per heavy atom. The quantitative estimate of drug-likeness (QED) is 0.184. The minimum Gasteiger partial charge on any atom is -0.228 e. The second kappa shape index (κ2) is 13.2. The van der Waals surface area contributed by atoms with Crippen LogP contribution in [0.4, 0.5) is 0 Å². The summed E-state index contributed by atoms with van der Waals surface area (Å²) in [5.74, 6) is 1.05. The Balaban J connectivity index is 1.09. The van der Waals surface area contributed by atoms with Crippen molar-refractivity contribution in [3.05, 3.63) is 180 Å². The van der Waals surface area contributed by atoms with E-state index in [1.165, 1.54) is 21.9 Å². The van der Waals surface area contributed by atoms with Gasteiger partial charge in [0.2, 0.25) is 0 Å². The van der Waals surface area contributed by atoms with Crippen LogP contribution in [0.15, 0.2) is 152 Å². The van der Waals surface area contributed by atoms with Gasteiger partial charge in [-0.25, -0.2) is 9.97 Å². The highest BCUT2D eigenvalue weighted by atomic mass is 14.9. The fourth-order valence-corrected chi connectivity index (χ4v) is 6.76. The van der Waals surface area contributed by atoms with Crippen molar-refractivity contribution >= 4 is 21.9 Å². The SMILES string of the molecule is Cc1ccc(-c2cc(C#N)cc(-c3ccc4ccc(C5C=CC(c6cc(-c7ccccc7)nc(C7=CCCC=C7)n6)=CC5)cc4c3)c2)cc1. The van der Waals surface area contributed by atoms with Crippen molar-refractivity contribution in [1.29, 1.82) is 5.26 Å². The van der Waals surface area contributed by atoms with Gasteiger partial charge < -0.3 is 0 Å². The molecule has 0 radical (unpaired) electrons. The summed E-state index contributed by atoms with van der Waals surface area (Å²) in [5.41, 5.74) is 12.7. The van der Waals surface area contributed by atoms with Crippen LogP contribution >= 0.6 is 0 Å². The molecule has 1 heterocycles. The van der Waals surface area contributed by atoms with Crippen LogP contribution in [0.3, 0.4) is 0 Å². The van der Waals surface area contributed by atoms with Crippen LogP contribution in [0.1, 0.15) is 53.4 Å². The first-order chi connectivity index (χ1) is 24.1. The molecule has 0 N–H and O–H groups in total. The Morgan fingerprint density at radius 3 is 2.14 bits per heavy atom. The Hall–Kier alpha value is -6.11. The van der Waals surface area contributed by atoms with Crippen LogP contribution in [0, 0.1) is 18.3 Å². The molecule has 0 saturated heterocycles. The summed E-state index contributed by atoms with van der Waals surface area (Å²) in [6.45, 7) is 2.09. The van der Waals surface area contributed by atoms with Crippen molar-refractivity contribution in [1.82, 2.24) is 9.97 Å². The molecule has 1 unspecified atom stereocenters. The molecule has 49 heavy (non-hydrogen) atoms. The molecule has 1 aromatic heterocycles. The maximum atomic E-state index is 9.83. The van der Waals surface area contributed by atoms with Crippen LogP contribution in [0.5, 0.6) is 0 Å². The number of rotatable bonds is 6. The van der Waals surface area contributed by atoms with Crippen molar-refractivity contribution in [3.8, 4) is 39.6 Å². The largest absolute Gasteiger partial charge is 0.228 e. The number of aromatic nitrogens is 2. The van der Waals surface area contributed by atoms with Gasteiger partial charge in [0, 0.05) is 17.1 Å². The van der Waals surface area contributed by atoms with Gasteiger partial charge in [0.25, 0.3) is 0 Å². The van der Waals surface area contributed by atoms with Gasteiger partial charge in [0.1, 0.15) is 0 Å². The van der Waals surface area contributed by atoms with Gasteiger partial charge in [-0.1, -0.05) is 127 Å². The number of nitrogens with zero attached hydrogens (tertiary/aromatic N) is 3.